The van der Waals surface area contributed by atoms with Crippen molar-refractivity contribution in [3.63, 3.8) is 0 Å². The van der Waals surface area contributed by atoms with Crippen LogP contribution in [-0.4, -0.2) is 25.0 Å². The molecule has 2 heterocycles. The summed E-state index contributed by atoms with van der Waals surface area (Å²) < 4.78 is 10.7. The van der Waals surface area contributed by atoms with E-state index in [9.17, 15) is 14.4 Å². The Hall–Kier alpha value is -4.13. The molecule has 0 aliphatic carbocycles. The number of imide groups is 1. The van der Waals surface area contributed by atoms with Crippen LogP contribution in [0.1, 0.15) is 21.7 Å². The highest BCUT2D eigenvalue weighted by atomic mass is 16.5. The molecule has 2 aromatic carbocycles. The molecule has 0 saturated carbocycles. The number of nitrogens with zero attached hydrogens (tertiary/aromatic N) is 1. The number of anilines is 1. The SMILES string of the molecule is COC(=O)c1cccc(-c2ccc(C=C3NC(=O)N(c4ccccc4)C3=O)o2)c1C. The third-order valence-electron chi connectivity index (χ3n) is 4.81. The molecule has 4 rings (SSSR count). The Balaban J connectivity index is 1.63. The Morgan fingerprint density at radius 2 is 1.80 bits per heavy atom. The molecule has 1 aliphatic rings. The normalized spacial score (nSPS) is 14.9. The molecule has 0 spiro atoms. The van der Waals surface area contributed by atoms with E-state index in [0.29, 0.717) is 22.8 Å². The van der Waals surface area contributed by atoms with Crippen molar-refractivity contribution in [2.45, 2.75) is 6.92 Å². The number of hydrogen-bond acceptors (Lipinski definition) is 5. The zero-order valence-corrected chi connectivity index (χ0v) is 16.3. The average Bonchev–Trinajstić information content (AvgIpc) is 3.32. The zero-order valence-electron chi connectivity index (χ0n) is 16.3. The van der Waals surface area contributed by atoms with Crippen molar-refractivity contribution in [3.05, 3.63) is 83.2 Å². The van der Waals surface area contributed by atoms with Gasteiger partial charge in [0, 0.05) is 11.6 Å². The van der Waals surface area contributed by atoms with Gasteiger partial charge in [-0.25, -0.2) is 14.5 Å². The van der Waals surface area contributed by atoms with Crippen LogP contribution in [0, 0.1) is 6.92 Å². The van der Waals surface area contributed by atoms with Gasteiger partial charge in [0.2, 0.25) is 0 Å². The van der Waals surface area contributed by atoms with E-state index in [0.717, 1.165) is 16.0 Å². The van der Waals surface area contributed by atoms with Gasteiger partial charge in [-0.2, -0.15) is 0 Å². The van der Waals surface area contributed by atoms with E-state index in [1.54, 1.807) is 61.5 Å². The fraction of sp³-hybridized carbons (Fsp3) is 0.0870. The van der Waals surface area contributed by atoms with Crippen LogP contribution in [0.2, 0.25) is 0 Å². The van der Waals surface area contributed by atoms with Gasteiger partial charge in [0.25, 0.3) is 5.91 Å². The number of ether oxygens (including phenoxy) is 1. The Labute approximate surface area is 172 Å². The number of carbonyl (C=O) groups excluding carboxylic acids is 3. The van der Waals surface area contributed by atoms with Gasteiger partial charge < -0.3 is 14.5 Å². The van der Waals surface area contributed by atoms with Gasteiger partial charge in [-0.05, 0) is 42.8 Å². The molecule has 30 heavy (non-hydrogen) atoms. The molecule has 0 bridgehead atoms. The Morgan fingerprint density at radius 3 is 2.53 bits per heavy atom. The number of benzene rings is 2. The third-order valence-corrected chi connectivity index (χ3v) is 4.81. The van der Waals surface area contributed by atoms with E-state index < -0.39 is 17.9 Å². The number of methoxy groups -OCH3 is 1. The number of carbonyl (C=O) groups is 3. The highest BCUT2D eigenvalue weighted by Gasteiger charge is 2.35. The van der Waals surface area contributed by atoms with E-state index in [1.165, 1.54) is 13.2 Å². The number of hydrogen-bond donors (Lipinski definition) is 1. The summed E-state index contributed by atoms with van der Waals surface area (Å²) >= 11 is 0. The number of esters is 1. The second-order valence-corrected chi connectivity index (χ2v) is 6.64. The first-order valence-corrected chi connectivity index (χ1v) is 9.20. The summed E-state index contributed by atoms with van der Waals surface area (Å²) in [6.45, 7) is 1.81. The molecule has 0 radical (unpaired) electrons. The van der Waals surface area contributed by atoms with Gasteiger partial charge in [0.05, 0.1) is 18.4 Å². The highest BCUT2D eigenvalue weighted by Crippen LogP contribution is 2.29. The molecule has 7 nitrogen and oxygen atoms in total. The van der Waals surface area contributed by atoms with E-state index in [2.05, 4.69) is 5.32 Å². The average molecular weight is 402 g/mol. The minimum atomic E-state index is -0.522. The summed E-state index contributed by atoms with van der Waals surface area (Å²) in [6, 6.07) is 16.8. The highest BCUT2D eigenvalue weighted by molar-refractivity contribution is 6.28. The molecule has 7 heteroatoms. The first-order chi connectivity index (χ1) is 14.5. The molecule has 3 amide bonds. The van der Waals surface area contributed by atoms with Gasteiger partial charge >= 0.3 is 12.0 Å². The molecule has 1 aliphatic heterocycles. The monoisotopic (exact) mass is 402 g/mol. The third kappa shape index (κ3) is 3.37. The molecule has 1 N–H and O–H groups in total. The summed E-state index contributed by atoms with van der Waals surface area (Å²) in [7, 11) is 1.33. The standard InChI is InChI=1S/C23H18N2O5/c1-14-17(9-6-10-18(14)22(27)29-2)20-12-11-16(30-20)13-19-21(26)25(23(28)24-19)15-7-4-3-5-8-15/h3-13H,1-2H3,(H,24,28). The van der Waals surface area contributed by atoms with Crippen molar-refractivity contribution in [2.24, 2.45) is 0 Å². The molecular formula is C23H18N2O5. The van der Waals surface area contributed by atoms with Crippen LogP contribution in [0.3, 0.4) is 0 Å². The topological polar surface area (TPSA) is 88.9 Å². The van der Waals surface area contributed by atoms with Gasteiger partial charge in [-0.15, -0.1) is 0 Å². The smallest absolute Gasteiger partial charge is 0.338 e. The Bertz CT molecular complexity index is 1180. The van der Waals surface area contributed by atoms with E-state index in [1.807, 2.05) is 6.07 Å². The zero-order chi connectivity index (χ0) is 21.3. The quantitative estimate of drug-likeness (QED) is 0.403. The lowest BCUT2D eigenvalue weighted by molar-refractivity contribution is -0.113. The largest absolute Gasteiger partial charge is 0.465 e. The molecule has 0 unspecified atom stereocenters. The summed E-state index contributed by atoms with van der Waals surface area (Å²) in [5, 5.41) is 2.57. The molecule has 0 atom stereocenters. The predicted molar refractivity (Wildman–Crippen MR) is 111 cm³/mol. The van der Waals surface area contributed by atoms with Crippen LogP contribution < -0.4 is 10.2 Å². The van der Waals surface area contributed by atoms with Crippen molar-refractivity contribution in [1.29, 1.82) is 0 Å². The van der Waals surface area contributed by atoms with Gasteiger partial charge in [-0.3, -0.25) is 4.79 Å². The van der Waals surface area contributed by atoms with E-state index in [-0.39, 0.29) is 5.70 Å². The summed E-state index contributed by atoms with van der Waals surface area (Å²) in [6.07, 6.45) is 1.48. The van der Waals surface area contributed by atoms with Crippen LogP contribution in [-0.2, 0) is 9.53 Å². The minimum absolute atomic E-state index is 0.116. The maximum atomic E-state index is 12.7. The summed E-state index contributed by atoms with van der Waals surface area (Å²) in [5.41, 5.74) is 2.50. The number of rotatable bonds is 4. The Morgan fingerprint density at radius 1 is 1.03 bits per heavy atom. The fourth-order valence-electron chi connectivity index (χ4n) is 3.30. The van der Waals surface area contributed by atoms with Crippen molar-refractivity contribution in [2.75, 3.05) is 12.0 Å². The van der Waals surface area contributed by atoms with E-state index >= 15 is 0 Å². The van der Waals surface area contributed by atoms with Crippen LogP contribution in [0.25, 0.3) is 17.4 Å². The molecule has 150 valence electrons. The van der Waals surface area contributed by atoms with Gasteiger partial charge in [0.15, 0.2) is 0 Å². The first kappa shape index (κ1) is 19.2. The number of furan rings is 1. The van der Waals surface area contributed by atoms with Crippen molar-refractivity contribution in [3.8, 4) is 11.3 Å². The fourth-order valence-corrected chi connectivity index (χ4v) is 3.30. The lowest BCUT2D eigenvalue weighted by Gasteiger charge is -2.10. The number of amides is 3. The molecule has 1 saturated heterocycles. The molecule has 3 aromatic rings. The second-order valence-electron chi connectivity index (χ2n) is 6.64. The van der Waals surface area contributed by atoms with Crippen LogP contribution in [0.5, 0.6) is 0 Å². The maximum Gasteiger partial charge on any atom is 0.338 e. The van der Waals surface area contributed by atoms with Crippen molar-refractivity contribution in [1.82, 2.24) is 5.32 Å². The predicted octanol–water partition coefficient (Wildman–Crippen LogP) is 4.14. The van der Waals surface area contributed by atoms with Gasteiger partial charge in [0.1, 0.15) is 17.2 Å². The maximum absolute atomic E-state index is 12.7. The van der Waals surface area contributed by atoms with Crippen LogP contribution >= 0.6 is 0 Å². The van der Waals surface area contributed by atoms with Crippen LogP contribution in [0.15, 0.2) is 70.8 Å². The number of para-hydroxylation sites is 1. The lowest BCUT2D eigenvalue weighted by atomic mass is 10.0. The minimum Gasteiger partial charge on any atom is -0.465 e. The second kappa shape index (κ2) is 7.71. The van der Waals surface area contributed by atoms with Gasteiger partial charge in [-0.1, -0.05) is 30.3 Å². The number of urea groups is 1. The van der Waals surface area contributed by atoms with Crippen molar-refractivity contribution >= 4 is 29.7 Å². The molecule has 1 fully saturated rings. The van der Waals surface area contributed by atoms with Crippen molar-refractivity contribution < 1.29 is 23.5 Å². The van der Waals surface area contributed by atoms with Crippen LogP contribution in [0.4, 0.5) is 10.5 Å². The summed E-state index contributed by atoms with van der Waals surface area (Å²) in [4.78, 5) is 37.9. The molecular weight excluding hydrogens is 384 g/mol. The summed E-state index contributed by atoms with van der Waals surface area (Å²) in [5.74, 6) is 0.0322. The Kier molecular flexibility index (Phi) is 4.93. The molecule has 1 aromatic heterocycles. The van der Waals surface area contributed by atoms with E-state index in [4.69, 9.17) is 9.15 Å². The first-order valence-electron chi connectivity index (χ1n) is 9.20. The lowest BCUT2D eigenvalue weighted by Crippen LogP contribution is -2.30. The number of nitrogens with one attached hydrogen (secondary N) is 1.